The van der Waals surface area contributed by atoms with Gasteiger partial charge in [-0.1, -0.05) is 66.7 Å². The lowest BCUT2D eigenvalue weighted by atomic mass is 9.81. The summed E-state index contributed by atoms with van der Waals surface area (Å²) in [7, 11) is -8.37. The largest absolute Gasteiger partial charge is 0.416 e. The lowest BCUT2D eigenvalue weighted by Gasteiger charge is -2.49. The number of carbonyl (C=O) groups excluding carboxylic acids is 2. The summed E-state index contributed by atoms with van der Waals surface area (Å²) in [5, 5.41) is -2.91. The highest BCUT2D eigenvalue weighted by Crippen LogP contribution is 2.46. The van der Waals surface area contributed by atoms with E-state index in [0.29, 0.717) is 26.1 Å². The van der Waals surface area contributed by atoms with Crippen LogP contribution in [0.1, 0.15) is 31.2 Å². The van der Waals surface area contributed by atoms with Crippen LogP contribution in [0.25, 0.3) is 0 Å². The van der Waals surface area contributed by atoms with Gasteiger partial charge in [0, 0.05) is 24.6 Å². The molecule has 1 fully saturated rings. The maximum absolute atomic E-state index is 14.2. The van der Waals surface area contributed by atoms with E-state index in [4.69, 9.17) is 9.47 Å². The number of piperidine rings is 1. The minimum absolute atomic E-state index is 0.0360. The Labute approximate surface area is 251 Å². The van der Waals surface area contributed by atoms with Crippen molar-refractivity contribution in [1.29, 1.82) is 0 Å². The second-order valence-electron chi connectivity index (χ2n) is 10.9. The minimum atomic E-state index is -4.28. The van der Waals surface area contributed by atoms with Crippen LogP contribution >= 0.6 is 0 Å². The number of allylic oxidation sites excluding steroid dienone is 1. The Morgan fingerprint density at radius 1 is 0.837 bits per heavy atom. The molecule has 224 valence electrons. The van der Waals surface area contributed by atoms with Gasteiger partial charge in [0.25, 0.3) is 0 Å². The number of ether oxygens (including phenoxy) is 2. The van der Waals surface area contributed by atoms with Crippen LogP contribution in [0.3, 0.4) is 0 Å². The Kier molecular flexibility index (Phi) is 7.97. The number of sulfone groups is 2. The molecular formula is C32H31NO8S2. The van der Waals surface area contributed by atoms with Crippen LogP contribution in [0.4, 0.5) is 4.79 Å². The number of hydrogen-bond donors (Lipinski definition) is 0. The highest BCUT2D eigenvalue weighted by molar-refractivity contribution is 7.98. The lowest BCUT2D eigenvalue weighted by molar-refractivity contribution is -0.119. The van der Waals surface area contributed by atoms with Crippen molar-refractivity contribution >= 4 is 31.6 Å². The van der Waals surface area contributed by atoms with E-state index in [0.717, 1.165) is 5.56 Å². The summed E-state index contributed by atoms with van der Waals surface area (Å²) in [5.74, 6) is -0.0504. The van der Waals surface area contributed by atoms with Crippen molar-refractivity contribution in [3.8, 4) is 5.75 Å². The van der Waals surface area contributed by atoms with Gasteiger partial charge in [0.1, 0.15) is 11.0 Å². The van der Waals surface area contributed by atoms with Gasteiger partial charge in [-0.25, -0.2) is 21.6 Å². The molecule has 0 bridgehead atoms. The van der Waals surface area contributed by atoms with Crippen molar-refractivity contribution in [1.82, 2.24) is 4.90 Å². The molecule has 11 heteroatoms. The van der Waals surface area contributed by atoms with Crippen LogP contribution in [0.2, 0.25) is 0 Å². The molecule has 2 heterocycles. The minimum Gasteiger partial charge on any atom is -0.410 e. The SMILES string of the molecule is O=C1C[C@H](CCCOCc2ccccc2)N(C(=O)Oc2ccccc2)[C@@H]2C1=CC[C@H]1[C@@H]2S(=O)(=O)c2ccccc2S1(=O)=O. The second-order valence-corrected chi connectivity index (χ2v) is 15.1. The van der Waals surface area contributed by atoms with Gasteiger partial charge in [-0.05, 0) is 49.1 Å². The van der Waals surface area contributed by atoms with Crippen LogP contribution in [0.5, 0.6) is 5.75 Å². The van der Waals surface area contributed by atoms with E-state index in [1.807, 2.05) is 30.3 Å². The van der Waals surface area contributed by atoms with Gasteiger partial charge in [0.15, 0.2) is 25.5 Å². The molecule has 43 heavy (non-hydrogen) atoms. The normalized spacial score (nSPS) is 25.1. The third-order valence-corrected chi connectivity index (χ3v) is 13.1. The number of rotatable bonds is 7. The number of likely N-dealkylation sites (tertiary alicyclic amines) is 1. The molecule has 6 rings (SSSR count). The summed E-state index contributed by atoms with van der Waals surface area (Å²) in [6.45, 7) is 0.750. The topological polar surface area (TPSA) is 124 Å². The molecular weight excluding hydrogens is 590 g/mol. The summed E-state index contributed by atoms with van der Waals surface area (Å²) in [5.41, 5.74) is 1.15. The average Bonchev–Trinajstić information content (AvgIpc) is 3.01. The Hall–Kier alpha value is -3.80. The van der Waals surface area contributed by atoms with Crippen molar-refractivity contribution in [3.05, 3.63) is 102 Å². The number of amides is 1. The molecule has 1 aliphatic carbocycles. The molecule has 0 saturated carbocycles. The first-order valence-electron chi connectivity index (χ1n) is 14.2. The van der Waals surface area contributed by atoms with Crippen molar-refractivity contribution in [2.45, 2.75) is 64.7 Å². The van der Waals surface area contributed by atoms with Gasteiger partial charge in [-0.15, -0.1) is 0 Å². The van der Waals surface area contributed by atoms with E-state index in [9.17, 15) is 26.4 Å². The van der Waals surface area contributed by atoms with E-state index in [1.165, 1.54) is 35.2 Å². The molecule has 0 unspecified atom stereocenters. The number of benzene rings is 3. The molecule has 0 spiro atoms. The first-order valence-corrected chi connectivity index (χ1v) is 17.3. The van der Waals surface area contributed by atoms with E-state index in [1.54, 1.807) is 30.3 Å². The van der Waals surface area contributed by atoms with Crippen LogP contribution < -0.4 is 4.74 Å². The van der Waals surface area contributed by atoms with E-state index >= 15 is 0 Å². The smallest absolute Gasteiger partial charge is 0.410 e. The fourth-order valence-corrected chi connectivity index (χ4v) is 11.8. The molecule has 9 nitrogen and oxygen atoms in total. The molecule has 4 atom stereocenters. The maximum Gasteiger partial charge on any atom is 0.416 e. The number of fused-ring (bicyclic) bond motifs is 4. The first-order chi connectivity index (χ1) is 20.7. The predicted molar refractivity (Wildman–Crippen MR) is 158 cm³/mol. The number of ketones is 1. The van der Waals surface area contributed by atoms with Crippen LogP contribution in [0.15, 0.2) is 106 Å². The van der Waals surface area contributed by atoms with E-state index < -0.39 is 48.4 Å². The number of para-hydroxylation sites is 1. The van der Waals surface area contributed by atoms with Gasteiger partial charge < -0.3 is 9.47 Å². The molecule has 0 N–H and O–H groups in total. The Balaban J connectivity index is 1.35. The van der Waals surface area contributed by atoms with Crippen LogP contribution in [0, 0.1) is 0 Å². The third-order valence-electron chi connectivity index (χ3n) is 8.32. The number of carbonyl (C=O) groups is 2. The summed E-state index contributed by atoms with van der Waals surface area (Å²) >= 11 is 0. The summed E-state index contributed by atoms with van der Waals surface area (Å²) in [4.78, 5) is 28.1. The van der Waals surface area contributed by atoms with Crippen molar-refractivity contribution < 1.29 is 35.9 Å². The highest BCUT2D eigenvalue weighted by Gasteiger charge is 2.60. The second kappa shape index (κ2) is 11.7. The summed E-state index contributed by atoms with van der Waals surface area (Å²) in [6.07, 6.45) is 1.29. The van der Waals surface area contributed by atoms with Crippen molar-refractivity contribution in [2.24, 2.45) is 0 Å². The maximum atomic E-state index is 14.2. The zero-order chi connectivity index (χ0) is 30.2. The monoisotopic (exact) mass is 621 g/mol. The standard InChI is InChI=1S/C32H31NO8S2/c34-26-20-23(12-9-19-40-21-22-10-3-1-4-11-22)33(32(35)41-24-13-5-2-6-14-24)30-25(26)17-18-29-31(30)43(38,39)28-16-8-7-15-27(28)42(29,36)37/h1-8,10-11,13-17,23,29-31H,9,12,18-21H2/t23-,29-,30+,31-/m0/s1. The van der Waals surface area contributed by atoms with Crippen molar-refractivity contribution in [2.75, 3.05) is 6.61 Å². The lowest BCUT2D eigenvalue weighted by Crippen LogP contribution is -2.65. The fourth-order valence-electron chi connectivity index (χ4n) is 6.36. The molecule has 0 radical (unpaired) electrons. The molecule has 3 aliphatic rings. The zero-order valence-electron chi connectivity index (χ0n) is 23.2. The molecule has 0 aromatic heterocycles. The number of nitrogens with zero attached hydrogens (tertiary/aromatic N) is 1. The third kappa shape index (κ3) is 5.41. The van der Waals surface area contributed by atoms with Crippen LogP contribution in [-0.2, 0) is 35.8 Å². The quantitative estimate of drug-likeness (QED) is 0.353. The van der Waals surface area contributed by atoms with Crippen LogP contribution in [-0.4, -0.2) is 62.8 Å². The van der Waals surface area contributed by atoms with Gasteiger partial charge >= 0.3 is 6.09 Å². The zero-order valence-corrected chi connectivity index (χ0v) is 24.9. The average molecular weight is 622 g/mol. The van der Waals surface area contributed by atoms with E-state index in [-0.39, 0.29) is 39.7 Å². The predicted octanol–water partition coefficient (Wildman–Crippen LogP) is 4.52. The molecule has 1 amide bonds. The van der Waals surface area contributed by atoms with E-state index in [2.05, 4.69) is 0 Å². The summed E-state index contributed by atoms with van der Waals surface area (Å²) in [6, 6.07) is 21.5. The Morgan fingerprint density at radius 2 is 1.47 bits per heavy atom. The molecule has 1 saturated heterocycles. The Bertz CT molecular complexity index is 1770. The Morgan fingerprint density at radius 3 is 2.16 bits per heavy atom. The fraction of sp³-hybridized carbons (Fsp3) is 0.312. The molecule has 3 aromatic carbocycles. The van der Waals surface area contributed by atoms with Gasteiger partial charge in [-0.2, -0.15) is 0 Å². The molecule has 3 aromatic rings. The number of Topliss-reactive ketones (excluding diaryl/α,β-unsaturated/α-hetero) is 1. The van der Waals surface area contributed by atoms with Crippen molar-refractivity contribution in [3.63, 3.8) is 0 Å². The van der Waals surface area contributed by atoms with Gasteiger partial charge in [0.05, 0.1) is 27.7 Å². The van der Waals surface area contributed by atoms with Gasteiger partial charge in [0.2, 0.25) is 0 Å². The molecule has 2 aliphatic heterocycles. The highest BCUT2D eigenvalue weighted by atomic mass is 32.2. The number of hydrogen-bond acceptors (Lipinski definition) is 8. The first kappa shape index (κ1) is 29.3. The summed E-state index contributed by atoms with van der Waals surface area (Å²) < 4.78 is 67.3. The van der Waals surface area contributed by atoms with Gasteiger partial charge in [-0.3, -0.25) is 9.69 Å².